The van der Waals surface area contributed by atoms with Gasteiger partial charge in [0.1, 0.15) is 5.75 Å². The van der Waals surface area contributed by atoms with Crippen molar-refractivity contribution in [2.75, 3.05) is 25.9 Å². The monoisotopic (exact) mass is 418 g/mol. The molecule has 0 aromatic heterocycles. The molecule has 158 valence electrons. The van der Waals surface area contributed by atoms with Gasteiger partial charge in [0.05, 0.1) is 5.56 Å². The minimum absolute atomic E-state index is 0.177. The number of carbonyl (C=O) groups excluding carboxylic acids is 1. The van der Waals surface area contributed by atoms with Gasteiger partial charge in [0.25, 0.3) is 5.91 Å². The minimum atomic E-state index is -3.33. The maximum atomic E-state index is 13.1. The quantitative estimate of drug-likeness (QED) is 0.689. The lowest BCUT2D eigenvalue weighted by Crippen LogP contribution is -2.40. The van der Waals surface area contributed by atoms with E-state index in [0.29, 0.717) is 42.7 Å². The Morgan fingerprint density at radius 2 is 2.10 bits per heavy atom. The second-order valence-electron chi connectivity index (χ2n) is 8.54. The van der Waals surface area contributed by atoms with E-state index in [4.69, 9.17) is 4.74 Å². The molecule has 7 heteroatoms. The molecule has 1 saturated heterocycles. The SMILES string of the molecule is C=CCN1CCCC1CNC(=O)c1cc(C2CC2)cc2c1OC(S(C)(=O)=O)CC2. The van der Waals surface area contributed by atoms with Crippen LogP contribution in [0.5, 0.6) is 5.75 Å². The highest BCUT2D eigenvalue weighted by Crippen LogP contribution is 2.44. The number of fused-ring (bicyclic) bond motifs is 1. The Labute approximate surface area is 173 Å². The van der Waals surface area contributed by atoms with Crippen molar-refractivity contribution in [3.05, 3.63) is 41.5 Å². The first kappa shape index (κ1) is 20.4. The van der Waals surface area contributed by atoms with E-state index in [1.807, 2.05) is 12.1 Å². The molecule has 2 unspecified atom stereocenters. The van der Waals surface area contributed by atoms with Crippen LogP contribution in [0.2, 0.25) is 0 Å². The summed E-state index contributed by atoms with van der Waals surface area (Å²) in [4.78, 5) is 15.4. The van der Waals surface area contributed by atoms with Gasteiger partial charge in [-0.25, -0.2) is 8.42 Å². The maximum absolute atomic E-state index is 13.1. The van der Waals surface area contributed by atoms with Gasteiger partial charge in [0.15, 0.2) is 15.3 Å². The summed E-state index contributed by atoms with van der Waals surface area (Å²) in [5, 5.41) is 3.08. The van der Waals surface area contributed by atoms with Gasteiger partial charge in [-0.1, -0.05) is 12.1 Å². The lowest BCUT2D eigenvalue weighted by Gasteiger charge is -2.28. The van der Waals surface area contributed by atoms with Crippen molar-refractivity contribution >= 4 is 15.7 Å². The van der Waals surface area contributed by atoms with Gasteiger partial charge in [0, 0.05) is 31.8 Å². The first-order valence-corrected chi connectivity index (χ1v) is 12.5. The van der Waals surface area contributed by atoms with E-state index in [1.165, 1.54) is 11.8 Å². The average molecular weight is 419 g/mol. The largest absolute Gasteiger partial charge is 0.473 e. The number of nitrogens with zero attached hydrogens (tertiary/aromatic N) is 1. The summed E-state index contributed by atoms with van der Waals surface area (Å²) in [6, 6.07) is 4.32. The van der Waals surface area contributed by atoms with Gasteiger partial charge in [-0.15, -0.1) is 6.58 Å². The highest BCUT2D eigenvalue weighted by atomic mass is 32.2. The van der Waals surface area contributed by atoms with Crippen molar-refractivity contribution in [3.8, 4) is 5.75 Å². The predicted octanol–water partition coefficient (Wildman–Crippen LogP) is 2.64. The van der Waals surface area contributed by atoms with Crippen LogP contribution in [0, 0.1) is 0 Å². The Bertz CT molecular complexity index is 908. The Hall–Kier alpha value is -1.86. The van der Waals surface area contributed by atoms with Crippen LogP contribution in [0.15, 0.2) is 24.8 Å². The molecule has 1 amide bonds. The summed E-state index contributed by atoms with van der Waals surface area (Å²) >= 11 is 0. The molecule has 3 aliphatic rings. The molecule has 0 bridgehead atoms. The van der Waals surface area contributed by atoms with Crippen LogP contribution >= 0.6 is 0 Å². The molecule has 2 heterocycles. The zero-order valence-electron chi connectivity index (χ0n) is 17.0. The first-order chi connectivity index (χ1) is 13.9. The van der Waals surface area contributed by atoms with Crippen LogP contribution in [0.1, 0.15) is 59.5 Å². The van der Waals surface area contributed by atoms with Gasteiger partial charge < -0.3 is 10.1 Å². The molecule has 2 fully saturated rings. The molecule has 1 aromatic rings. The Balaban J connectivity index is 1.56. The summed E-state index contributed by atoms with van der Waals surface area (Å²) in [5.74, 6) is 0.781. The number of hydrogen-bond donors (Lipinski definition) is 1. The van der Waals surface area contributed by atoms with E-state index in [9.17, 15) is 13.2 Å². The van der Waals surface area contributed by atoms with E-state index >= 15 is 0 Å². The van der Waals surface area contributed by atoms with Crippen LogP contribution in [0.4, 0.5) is 0 Å². The summed E-state index contributed by atoms with van der Waals surface area (Å²) in [6.45, 7) is 6.24. The van der Waals surface area contributed by atoms with E-state index in [-0.39, 0.29) is 5.91 Å². The molecular weight excluding hydrogens is 388 g/mol. The number of nitrogens with one attached hydrogen (secondary N) is 1. The molecule has 6 nitrogen and oxygen atoms in total. The average Bonchev–Trinajstić information content (AvgIpc) is 3.45. The molecule has 4 rings (SSSR count). The number of carbonyl (C=O) groups is 1. The normalized spacial score (nSPS) is 24.6. The molecule has 0 spiro atoms. The number of sulfone groups is 1. The number of amides is 1. The lowest BCUT2D eigenvalue weighted by molar-refractivity contribution is 0.0935. The van der Waals surface area contributed by atoms with Crippen molar-refractivity contribution in [1.29, 1.82) is 0 Å². The van der Waals surface area contributed by atoms with Crippen molar-refractivity contribution in [1.82, 2.24) is 10.2 Å². The zero-order chi connectivity index (χ0) is 20.6. The van der Waals surface area contributed by atoms with Crippen molar-refractivity contribution in [3.63, 3.8) is 0 Å². The first-order valence-electron chi connectivity index (χ1n) is 10.5. The van der Waals surface area contributed by atoms with Crippen LogP contribution in [-0.2, 0) is 16.3 Å². The van der Waals surface area contributed by atoms with Gasteiger partial charge in [0.2, 0.25) is 0 Å². The van der Waals surface area contributed by atoms with Crippen molar-refractivity contribution in [2.24, 2.45) is 0 Å². The molecule has 1 aliphatic carbocycles. The Kier molecular flexibility index (Phi) is 5.71. The Morgan fingerprint density at radius 3 is 2.79 bits per heavy atom. The number of hydrogen-bond acceptors (Lipinski definition) is 5. The summed E-state index contributed by atoms with van der Waals surface area (Å²) < 4.78 is 29.9. The van der Waals surface area contributed by atoms with Gasteiger partial charge in [-0.3, -0.25) is 9.69 Å². The molecule has 29 heavy (non-hydrogen) atoms. The Morgan fingerprint density at radius 1 is 1.31 bits per heavy atom. The van der Waals surface area contributed by atoms with Gasteiger partial charge in [-0.2, -0.15) is 0 Å². The van der Waals surface area contributed by atoms with Crippen LogP contribution in [0.25, 0.3) is 0 Å². The van der Waals surface area contributed by atoms with Gasteiger partial charge in [-0.05, 0) is 61.8 Å². The van der Waals surface area contributed by atoms with Crippen molar-refractivity contribution < 1.29 is 17.9 Å². The zero-order valence-corrected chi connectivity index (χ0v) is 17.8. The van der Waals surface area contributed by atoms with E-state index < -0.39 is 15.3 Å². The third-order valence-electron chi connectivity index (χ3n) is 6.22. The van der Waals surface area contributed by atoms with Crippen LogP contribution in [0.3, 0.4) is 0 Å². The smallest absolute Gasteiger partial charge is 0.255 e. The lowest BCUT2D eigenvalue weighted by atomic mass is 9.96. The van der Waals surface area contributed by atoms with E-state index in [1.54, 1.807) is 0 Å². The maximum Gasteiger partial charge on any atom is 0.255 e. The minimum Gasteiger partial charge on any atom is -0.473 e. The highest BCUT2D eigenvalue weighted by Gasteiger charge is 2.34. The number of rotatable bonds is 7. The fourth-order valence-corrected chi connectivity index (χ4v) is 5.28. The number of aryl methyl sites for hydroxylation is 1. The number of benzene rings is 1. The van der Waals surface area contributed by atoms with E-state index in [0.717, 1.165) is 44.3 Å². The summed E-state index contributed by atoms with van der Waals surface area (Å²) in [7, 11) is -3.33. The topological polar surface area (TPSA) is 75.7 Å². The number of ether oxygens (including phenoxy) is 1. The molecule has 0 radical (unpaired) electrons. The summed E-state index contributed by atoms with van der Waals surface area (Å²) in [5.41, 5.74) is 1.72. The summed E-state index contributed by atoms with van der Waals surface area (Å²) in [6.07, 6.45) is 8.60. The molecule has 1 N–H and O–H groups in total. The highest BCUT2D eigenvalue weighted by molar-refractivity contribution is 7.91. The molecule has 1 aromatic carbocycles. The second kappa shape index (κ2) is 8.11. The predicted molar refractivity (Wildman–Crippen MR) is 113 cm³/mol. The second-order valence-corrected chi connectivity index (χ2v) is 10.7. The van der Waals surface area contributed by atoms with Crippen molar-refractivity contribution in [2.45, 2.75) is 55.9 Å². The standard InChI is InChI=1S/C22H30N2O4S/c1-3-10-24-11-4-5-18(24)14-23-22(25)19-13-17(15-6-7-15)12-16-8-9-20(28-21(16)19)29(2,26)27/h3,12-13,15,18,20H,1,4-11,14H2,2H3,(H,23,25). The third-order valence-corrected chi connectivity index (χ3v) is 7.51. The molecular formula is C22H30N2O4S. The third kappa shape index (κ3) is 4.51. The number of likely N-dealkylation sites (tertiary alicyclic amines) is 1. The van der Waals surface area contributed by atoms with E-state index in [2.05, 4.69) is 22.9 Å². The fraction of sp³-hybridized carbons (Fsp3) is 0.591. The molecule has 1 saturated carbocycles. The fourth-order valence-electron chi connectivity index (χ4n) is 4.46. The van der Waals surface area contributed by atoms with Gasteiger partial charge >= 0.3 is 0 Å². The molecule has 2 atom stereocenters. The van der Waals surface area contributed by atoms with Crippen LogP contribution in [-0.4, -0.2) is 56.6 Å². The molecule has 2 aliphatic heterocycles. The van der Waals surface area contributed by atoms with Crippen LogP contribution < -0.4 is 10.1 Å².